The minimum absolute atomic E-state index is 0.705. The Labute approximate surface area is 330 Å². The van der Waals surface area contributed by atoms with Crippen molar-refractivity contribution in [1.29, 1.82) is 0 Å². The molecule has 0 aliphatic heterocycles. The molecular formula is C54H34N2O. The van der Waals surface area contributed by atoms with Gasteiger partial charge >= 0.3 is 0 Å². The van der Waals surface area contributed by atoms with Crippen LogP contribution in [-0.2, 0) is 0 Å². The van der Waals surface area contributed by atoms with Gasteiger partial charge in [0.25, 0.3) is 0 Å². The molecule has 266 valence electrons. The molecule has 0 aliphatic carbocycles. The first-order valence-electron chi connectivity index (χ1n) is 19.3. The van der Waals surface area contributed by atoms with Crippen LogP contribution >= 0.6 is 0 Å². The van der Waals surface area contributed by atoms with Gasteiger partial charge in [-0.15, -0.1) is 0 Å². The number of hydrogen-bond acceptors (Lipinski definition) is 3. The van der Waals surface area contributed by atoms with Gasteiger partial charge in [-0.1, -0.05) is 182 Å². The number of fused-ring (bicyclic) bond motifs is 6. The maximum atomic E-state index is 6.43. The van der Waals surface area contributed by atoms with Gasteiger partial charge < -0.3 is 4.42 Å². The lowest BCUT2D eigenvalue weighted by atomic mass is 9.89. The van der Waals surface area contributed by atoms with E-state index in [1.54, 1.807) is 0 Å². The molecule has 0 saturated carbocycles. The van der Waals surface area contributed by atoms with Crippen LogP contribution in [0.4, 0.5) is 0 Å². The first-order chi connectivity index (χ1) is 28.2. The van der Waals surface area contributed by atoms with E-state index < -0.39 is 0 Å². The van der Waals surface area contributed by atoms with Gasteiger partial charge in [-0.05, 0) is 73.6 Å². The zero-order valence-electron chi connectivity index (χ0n) is 30.9. The van der Waals surface area contributed by atoms with Gasteiger partial charge in [0.1, 0.15) is 11.2 Å². The molecule has 0 aliphatic rings. The van der Waals surface area contributed by atoms with Crippen LogP contribution in [0.25, 0.3) is 111 Å². The van der Waals surface area contributed by atoms with E-state index in [4.69, 9.17) is 14.4 Å². The van der Waals surface area contributed by atoms with Gasteiger partial charge in [-0.3, -0.25) is 0 Å². The zero-order chi connectivity index (χ0) is 37.7. The molecule has 0 amide bonds. The quantitative estimate of drug-likeness (QED) is 0.160. The Morgan fingerprint density at radius 1 is 0.316 bits per heavy atom. The lowest BCUT2D eigenvalue weighted by Crippen LogP contribution is -1.96. The molecule has 2 aromatic heterocycles. The number of benzene rings is 9. The molecule has 0 saturated heterocycles. The van der Waals surface area contributed by atoms with Gasteiger partial charge in [-0.2, -0.15) is 0 Å². The number of aromatic nitrogens is 2. The van der Waals surface area contributed by atoms with Crippen molar-refractivity contribution in [2.24, 2.45) is 0 Å². The van der Waals surface area contributed by atoms with Gasteiger partial charge in [0.05, 0.1) is 11.4 Å². The SMILES string of the molecule is c1ccc(-c2cc(-c3ccc(-c4ccc5oc6ccccc6c5c4-c4ccc(-c5ccc6c(ccc7ccccc76)c5)cc4)cc3)nc(-c3ccccc3)n2)cc1. The first-order valence-corrected chi connectivity index (χ1v) is 19.3. The molecule has 57 heavy (non-hydrogen) atoms. The average Bonchev–Trinajstić information content (AvgIpc) is 3.68. The molecule has 0 bridgehead atoms. The largest absolute Gasteiger partial charge is 0.456 e. The molecule has 0 spiro atoms. The summed E-state index contributed by atoms with van der Waals surface area (Å²) in [7, 11) is 0. The van der Waals surface area contributed by atoms with Crippen molar-refractivity contribution in [1.82, 2.24) is 9.97 Å². The van der Waals surface area contributed by atoms with Crippen LogP contribution in [0.1, 0.15) is 0 Å². The Balaban J connectivity index is 1.01. The first kappa shape index (κ1) is 32.8. The summed E-state index contributed by atoms with van der Waals surface area (Å²) < 4.78 is 6.43. The molecule has 2 heterocycles. The van der Waals surface area contributed by atoms with Crippen LogP contribution in [0.2, 0.25) is 0 Å². The fourth-order valence-electron chi connectivity index (χ4n) is 8.27. The monoisotopic (exact) mass is 726 g/mol. The van der Waals surface area contributed by atoms with Crippen molar-refractivity contribution in [3.8, 4) is 67.3 Å². The fraction of sp³-hybridized carbons (Fsp3) is 0. The van der Waals surface area contributed by atoms with E-state index in [9.17, 15) is 0 Å². The molecule has 11 aromatic rings. The molecular weight excluding hydrogens is 693 g/mol. The van der Waals surface area contributed by atoms with Crippen molar-refractivity contribution in [2.75, 3.05) is 0 Å². The van der Waals surface area contributed by atoms with Gasteiger partial charge in [-0.25, -0.2) is 9.97 Å². The standard InChI is InChI=1S/C54H34N2O/c1-3-12-38(13-4-1)48-34-49(56-54(55-48)41-14-5-2-6-15-41)39-24-21-37(22-25-39)46-31-32-51-53(47-17-9-10-18-50(47)57-51)52(46)40-26-19-35(20-27-40)42-29-30-45-43(33-42)28-23-36-11-7-8-16-44(36)45/h1-34H. The van der Waals surface area contributed by atoms with E-state index in [1.165, 1.54) is 32.7 Å². The van der Waals surface area contributed by atoms with E-state index in [1.807, 2.05) is 42.5 Å². The van der Waals surface area contributed by atoms with E-state index in [2.05, 4.69) is 164 Å². The minimum atomic E-state index is 0.705. The second-order valence-electron chi connectivity index (χ2n) is 14.5. The lowest BCUT2D eigenvalue weighted by Gasteiger charge is -2.14. The zero-order valence-corrected chi connectivity index (χ0v) is 30.9. The molecule has 0 radical (unpaired) electrons. The lowest BCUT2D eigenvalue weighted by molar-refractivity contribution is 0.669. The molecule has 11 rings (SSSR count). The Hall–Kier alpha value is -7.62. The van der Waals surface area contributed by atoms with Crippen LogP contribution in [0.3, 0.4) is 0 Å². The molecule has 9 aromatic carbocycles. The summed E-state index contributed by atoms with van der Waals surface area (Å²) in [5.74, 6) is 0.705. The fourth-order valence-corrected chi connectivity index (χ4v) is 8.27. The number of para-hydroxylation sites is 1. The molecule has 0 N–H and O–H groups in total. The third-order valence-corrected chi connectivity index (χ3v) is 11.1. The van der Waals surface area contributed by atoms with Crippen LogP contribution < -0.4 is 0 Å². The minimum Gasteiger partial charge on any atom is -0.456 e. The summed E-state index contributed by atoms with van der Waals surface area (Å²) >= 11 is 0. The molecule has 3 heteroatoms. The highest BCUT2D eigenvalue weighted by atomic mass is 16.3. The predicted octanol–water partition coefficient (Wildman–Crippen LogP) is 14.7. The highest BCUT2D eigenvalue weighted by molar-refractivity contribution is 6.16. The predicted molar refractivity (Wildman–Crippen MR) is 237 cm³/mol. The van der Waals surface area contributed by atoms with Crippen molar-refractivity contribution in [2.45, 2.75) is 0 Å². The summed E-state index contributed by atoms with van der Waals surface area (Å²) in [5.41, 5.74) is 13.5. The highest BCUT2D eigenvalue weighted by Crippen LogP contribution is 2.44. The van der Waals surface area contributed by atoms with Crippen molar-refractivity contribution in [3.63, 3.8) is 0 Å². The van der Waals surface area contributed by atoms with E-state index in [-0.39, 0.29) is 0 Å². The van der Waals surface area contributed by atoms with E-state index in [0.29, 0.717) is 5.82 Å². The summed E-state index contributed by atoms with van der Waals surface area (Å²) in [6.45, 7) is 0. The summed E-state index contributed by atoms with van der Waals surface area (Å²) in [6.07, 6.45) is 0. The maximum Gasteiger partial charge on any atom is 0.160 e. The number of nitrogens with zero attached hydrogens (tertiary/aromatic N) is 2. The summed E-state index contributed by atoms with van der Waals surface area (Å²) in [6, 6.07) is 72.8. The van der Waals surface area contributed by atoms with Crippen molar-refractivity contribution in [3.05, 3.63) is 206 Å². The van der Waals surface area contributed by atoms with Gasteiger partial charge in [0.15, 0.2) is 5.82 Å². The van der Waals surface area contributed by atoms with Crippen LogP contribution in [0.5, 0.6) is 0 Å². The Morgan fingerprint density at radius 3 is 1.65 bits per heavy atom. The topological polar surface area (TPSA) is 38.9 Å². The van der Waals surface area contributed by atoms with Crippen molar-refractivity contribution >= 4 is 43.5 Å². The molecule has 0 fully saturated rings. The second kappa shape index (κ2) is 13.6. The summed E-state index contributed by atoms with van der Waals surface area (Å²) in [5, 5.41) is 7.28. The van der Waals surface area contributed by atoms with Crippen LogP contribution in [0, 0.1) is 0 Å². The third kappa shape index (κ3) is 5.85. The third-order valence-electron chi connectivity index (χ3n) is 11.1. The van der Waals surface area contributed by atoms with Crippen molar-refractivity contribution < 1.29 is 4.42 Å². The smallest absolute Gasteiger partial charge is 0.160 e. The molecule has 3 nitrogen and oxygen atoms in total. The van der Waals surface area contributed by atoms with E-state index in [0.717, 1.165) is 72.3 Å². The van der Waals surface area contributed by atoms with Gasteiger partial charge in [0, 0.05) is 33.0 Å². The molecule has 0 unspecified atom stereocenters. The Kier molecular flexibility index (Phi) is 7.82. The van der Waals surface area contributed by atoms with Crippen LogP contribution in [-0.4, -0.2) is 9.97 Å². The second-order valence-corrected chi connectivity index (χ2v) is 14.5. The molecule has 0 atom stereocenters. The average molecular weight is 727 g/mol. The maximum absolute atomic E-state index is 6.43. The number of rotatable bonds is 6. The summed E-state index contributed by atoms with van der Waals surface area (Å²) in [4.78, 5) is 10.1. The van der Waals surface area contributed by atoms with Gasteiger partial charge in [0.2, 0.25) is 0 Å². The Bertz CT molecular complexity index is 3200. The Morgan fingerprint density at radius 2 is 0.877 bits per heavy atom. The highest BCUT2D eigenvalue weighted by Gasteiger charge is 2.19. The normalized spacial score (nSPS) is 11.5. The number of furan rings is 1. The number of hydrogen-bond donors (Lipinski definition) is 0. The van der Waals surface area contributed by atoms with Crippen LogP contribution in [0.15, 0.2) is 211 Å². The van der Waals surface area contributed by atoms with E-state index >= 15 is 0 Å².